The average Bonchev–Trinajstić information content (AvgIpc) is 2.76. The first-order valence-corrected chi connectivity index (χ1v) is 11.5. The Labute approximate surface area is 178 Å². The molecule has 2 aromatic rings. The van der Waals surface area contributed by atoms with Gasteiger partial charge in [-0.05, 0) is 30.7 Å². The van der Waals surface area contributed by atoms with Crippen molar-refractivity contribution in [1.29, 1.82) is 0 Å². The highest BCUT2D eigenvalue weighted by Crippen LogP contribution is 2.12. The van der Waals surface area contributed by atoms with Gasteiger partial charge in [-0.2, -0.15) is 0 Å². The van der Waals surface area contributed by atoms with Crippen LogP contribution in [0.4, 0.5) is 5.69 Å². The molecule has 0 bridgehead atoms. The van der Waals surface area contributed by atoms with Crippen molar-refractivity contribution in [3.05, 3.63) is 60.7 Å². The molecule has 2 N–H and O–H groups in total. The van der Waals surface area contributed by atoms with Crippen LogP contribution in [-0.4, -0.2) is 11.7 Å². The monoisotopic (exact) mass is 399 g/mol. The summed E-state index contributed by atoms with van der Waals surface area (Å²) in [6, 6.07) is 18.8. The van der Waals surface area contributed by atoms with E-state index in [9.17, 15) is 0 Å². The fraction of sp³-hybridized carbons (Fsp3) is 0.538. The molecule has 3 nitrogen and oxygen atoms in total. The third-order valence-corrected chi connectivity index (χ3v) is 4.82. The van der Waals surface area contributed by atoms with Crippen LogP contribution < -0.4 is 5.48 Å². The molecule has 0 unspecified atom stereocenters. The molecule has 3 heteroatoms. The summed E-state index contributed by atoms with van der Waals surface area (Å²) in [5.41, 5.74) is 4.01. The number of unbranched alkanes of at least 4 members (excludes halogenated alkanes) is 11. The van der Waals surface area contributed by atoms with Crippen LogP contribution in [0.2, 0.25) is 0 Å². The van der Waals surface area contributed by atoms with E-state index >= 15 is 0 Å². The molecule has 0 aliphatic heterocycles. The largest absolute Gasteiger partial charge is 0.508 e. The molecule has 0 aliphatic rings. The Morgan fingerprint density at radius 1 is 0.621 bits per heavy atom. The van der Waals surface area contributed by atoms with Crippen molar-refractivity contribution in [2.45, 2.75) is 84.0 Å². The van der Waals surface area contributed by atoms with Crippen molar-refractivity contribution in [2.75, 3.05) is 12.1 Å². The summed E-state index contributed by atoms with van der Waals surface area (Å²) in [6.07, 6.45) is 16.6. The van der Waals surface area contributed by atoms with E-state index in [1.54, 1.807) is 24.3 Å². The van der Waals surface area contributed by atoms with Gasteiger partial charge in [-0.25, -0.2) is 0 Å². The number of hydrogen-bond acceptors (Lipinski definition) is 3. The smallest absolute Gasteiger partial charge is 0.115 e. The van der Waals surface area contributed by atoms with Crippen molar-refractivity contribution >= 4 is 5.69 Å². The molecule has 0 aliphatic carbocycles. The Balaban J connectivity index is 0.000000502. The minimum Gasteiger partial charge on any atom is -0.508 e. The number of hydrogen-bond donors (Lipinski definition) is 2. The highest BCUT2D eigenvalue weighted by Gasteiger charge is 1.94. The quantitative estimate of drug-likeness (QED) is 0.235. The van der Waals surface area contributed by atoms with Crippen LogP contribution in [0, 0.1) is 0 Å². The Morgan fingerprint density at radius 2 is 1.07 bits per heavy atom. The number of nitrogens with one attached hydrogen (secondary N) is 1. The van der Waals surface area contributed by atoms with E-state index in [2.05, 4.69) is 12.4 Å². The molecule has 29 heavy (non-hydrogen) atoms. The number of phenolic OH excluding ortho intramolecular Hbond substituents is 1. The molecule has 0 aromatic heterocycles. The molecule has 0 fully saturated rings. The maximum absolute atomic E-state index is 8.63. The summed E-state index contributed by atoms with van der Waals surface area (Å²) in [5, 5.41) is 8.63. The maximum Gasteiger partial charge on any atom is 0.115 e. The number of para-hydroxylation sites is 2. The van der Waals surface area contributed by atoms with E-state index in [0.29, 0.717) is 5.75 Å². The molecule has 2 rings (SSSR count). The van der Waals surface area contributed by atoms with E-state index in [-0.39, 0.29) is 0 Å². The fourth-order valence-electron chi connectivity index (χ4n) is 3.08. The van der Waals surface area contributed by atoms with E-state index in [1.165, 1.54) is 70.6 Å². The van der Waals surface area contributed by atoms with Crippen LogP contribution in [0.25, 0.3) is 0 Å². The summed E-state index contributed by atoms with van der Waals surface area (Å²) in [6.45, 7) is 3.08. The van der Waals surface area contributed by atoms with Crippen molar-refractivity contribution in [3.63, 3.8) is 0 Å². The van der Waals surface area contributed by atoms with Gasteiger partial charge in [0.05, 0.1) is 12.3 Å². The van der Waals surface area contributed by atoms with Crippen molar-refractivity contribution in [3.8, 4) is 5.75 Å². The highest BCUT2D eigenvalue weighted by molar-refractivity contribution is 5.39. The third-order valence-electron chi connectivity index (χ3n) is 4.82. The van der Waals surface area contributed by atoms with Crippen molar-refractivity contribution in [1.82, 2.24) is 0 Å². The SMILES string of the molecule is CCCCCCCCCCCCCCONc1ccccc1.Oc1ccccc1. The zero-order valence-corrected chi connectivity index (χ0v) is 18.3. The molecule has 0 heterocycles. The number of rotatable bonds is 15. The molecular formula is C26H41NO2. The Kier molecular flexibility index (Phi) is 16.7. The molecule has 162 valence electrons. The first-order valence-electron chi connectivity index (χ1n) is 11.5. The first-order chi connectivity index (χ1) is 14.3. The minimum atomic E-state index is 0.322. The van der Waals surface area contributed by atoms with Crippen LogP contribution >= 0.6 is 0 Å². The fourth-order valence-corrected chi connectivity index (χ4v) is 3.08. The van der Waals surface area contributed by atoms with Crippen LogP contribution in [0.1, 0.15) is 84.0 Å². The van der Waals surface area contributed by atoms with E-state index in [0.717, 1.165) is 18.7 Å². The zero-order valence-electron chi connectivity index (χ0n) is 18.3. The van der Waals surface area contributed by atoms with Crippen molar-refractivity contribution in [2.24, 2.45) is 0 Å². The molecule has 0 spiro atoms. The van der Waals surface area contributed by atoms with Crippen molar-refractivity contribution < 1.29 is 9.94 Å². The number of aromatic hydroxyl groups is 1. The lowest BCUT2D eigenvalue weighted by atomic mass is 10.1. The second kappa shape index (κ2) is 19.3. The normalized spacial score (nSPS) is 10.2. The molecule has 0 amide bonds. The average molecular weight is 400 g/mol. The van der Waals surface area contributed by atoms with Gasteiger partial charge in [0, 0.05) is 0 Å². The predicted octanol–water partition coefficient (Wildman–Crippen LogP) is 8.12. The Hall–Kier alpha value is -2.00. The summed E-state index contributed by atoms with van der Waals surface area (Å²) < 4.78 is 0. The van der Waals surface area contributed by atoms with Crippen LogP contribution in [0.5, 0.6) is 5.75 Å². The molecular weight excluding hydrogens is 358 g/mol. The summed E-state index contributed by atoms with van der Waals surface area (Å²) >= 11 is 0. The topological polar surface area (TPSA) is 41.5 Å². The van der Waals surface area contributed by atoms with Gasteiger partial charge in [-0.15, -0.1) is 0 Å². The minimum absolute atomic E-state index is 0.322. The van der Waals surface area contributed by atoms with Gasteiger partial charge < -0.3 is 5.11 Å². The zero-order chi connectivity index (χ0) is 20.8. The van der Waals surface area contributed by atoms with Gasteiger partial charge in [-0.1, -0.05) is 114 Å². The number of phenols is 1. The molecule has 2 aromatic carbocycles. The van der Waals surface area contributed by atoms with E-state index in [1.807, 2.05) is 36.4 Å². The lowest BCUT2D eigenvalue weighted by Gasteiger charge is -2.06. The highest BCUT2D eigenvalue weighted by atomic mass is 16.6. The van der Waals surface area contributed by atoms with Crippen LogP contribution in [0.3, 0.4) is 0 Å². The van der Waals surface area contributed by atoms with E-state index in [4.69, 9.17) is 9.94 Å². The second-order valence-corrected chi connectivity index (χ2v) is 7.54. The van der Waals surface area contributed by atoms with Gasteiger partial charge in [0.1, 0.15) is 5.75 Å². The summed E-state index contributed by atoms with van der Waals surface area (Å²) in [4.78, 5) is 5.46. The Morgan fingerprint density at radius 3 is 1.52 bits per heavy atom. The molecule has 0 radical (unpaired) electrons. The molecule has 0 saturated carbocycles. The standard InChI is InChI=1S/C20H35NO.C6H6O/c1-2-3-4-5-6-7-8-9-10-11-12-16-19-22-21-20-17-14-13-15-18-20;7-6-4-2-1-3-5-6/h13-15,17-18,21H,2-12,16,19H2,1H3;1-5,7H. The van der Waals surface area contributed by atoms with Gasteiger partial charge in [0.25, 0.3) is 0 Å². The van der Waals surface area contributed by atoms with Gasteiger partial charge in [0.2, 0.25) is 0 Å². The lowest BCUT2D eigenvalue weighted by molar-refractivity contribution is 0.187. The first kappa shape index (κ1) is 25.0. The summed E-state index contributed by atoms with van der Waals surface area (Å²) in [7, 11) is 0. The van der Waals surface area contributed by atoms with Gasteiger partial charge >= 0.3 is 0 Å². The Bertz CT molecular complexity index is 559. The molecule has 0 atom stereocenters. The van der Waals surface area contributed by atoms with Crippen LogP contribution in [-0.2, 0) is 4.84 Å². The maximum atomic E-state index is 8.63. The summed E-state index contributed by atoms with van der Waals surface area (Å²) in [5.74, 6) is 0.322. The van der Waals surface area contributed by atoms with E-state index < -0.39 is 0 Å². The third kappa shape index (κ3) is 16.6. The second-order valence-electron chi connectivity index (χ2n) is 7.54. The predicted molar refractivity (Wildman–Crippen MR) is 125 cm³/mol. The van der Waals surface area contributed by atoms with Gasteiger partial charge in [-0.3, -0.25) is 10.3 Å². The molecule has 0 saturated heterocycles. The number of benzene rings is 2. The lowest BCUT2D eigenvalue weighted by Crippen LogP contribution is -2.02. The van der Waals surface area contributed by atoms with Gasteiger partial charge in [0.15, 0.2) is 0 Å². The van der Waals surface area contributed by atoms with Crippen LogP contribution in [0.15, 0.2) is 60.7 Å². The number of anilines is 1.